The molecule has 0 amide bonds. The fourth-order valence-electron chi connectivity index (χ4n) is 3.35. The fraction of sp³-hybridized carbons (Fsp3) is 0.588. The highest BCUT2D eigenvalue weighted by Crippen LogP contribution is 2.27. The second-order valence-corrected chi connectivity index (χ2v) is 5.96. The number of nitrogens with zero attached hydrogens (tertiary/aromatic N) is 3. The molecule has 1 aromatic carbocycles. The Morgan fingerprint density at radius 2 is 1.95 bits per heavy atom. The summed E-state index contributed by atoms with van der Waals surface area (Å²) in [6, 6.07) is 8.66. The van der Waals surface area contributed by atoms with E-state index >= 15 is 0 Å². The quantitative estimate of drug-likeness (QED) is 0.919. The van der Waals surface area contributed by atoms with Crippen molar-refractivity contribution in [1.82, 2.24) is 14.5 Å². The van der Waals surface area contributed by atoms with Gasteiger partial charge in [0.2, 0.25) is 0 Å². The first-order valence-electron chi connectivity index (χ1n) is 8.11. The van der Waals surface area contributed by atoms with Crippen molar-refractivity contribution in [3.63, 3.8) is 0 Å². The van der Waals surface area contributed by atoms with Crippen molar-refractivity contribution in [3.05, 3.63) is 30.1 Å². The number of rotatable bonds is 5. The number of aliphatic hydroxyl groups is 1. The number of hydrogen-bond donors (Lipinski definition) is 1. The van der Waals surface area contributed by atoms with Crippen molar-refractivity contribution in [2.24, 2.45) is 0 Å². The Labute approximate surface area is 126 Å². The average molecular weight is 287 g/mol. The average Bonchev–Trinajstić information content (AvgIpc) is 2.91. The van der Waals surface area contributed by atoms with Gasteiger partial charge in [0.05, 0.1) is 17.1 Å². The maximum absolute atomic E-state index is 9.17. The topological polar surface area (TPSA) is 41.3 Å². The maximum atomic E-state index is 9.17. The van der Waals surface area contributed by atoms with Crippen LogP contribution in [0.3, 0.4) is 0 Å². The van der Waals surface area contributed by atoms with Gasteiger partial charge in [-0.15, -0.1) is 0 Å². The van der Waals surface area contributed by atoms with Gasteiger partial charge in [0.1, 0.15) is 5.82 Å². The highest BCUT2D eigenvalue weighted by atomic mass is 16.3. The van der Waals surface area contributed by atoms with E-state index < -0.39 is 0 Å². The van der Waals surface area contributed by atoms with Gasteiger partial charge in [-0.25, -0.2) is 4.98 Å². The molecule has 1 atom stereocenters. The van der Waals surface area contributed by atoms with Crippen LogP contribution in [-0.2, 0) is 6.54 Å². The smallest absolute Gasteiger partial charge is 0.127 e. The molecule has 0 aliphatic carbocycles. The van der Waals surface area contributed by atoms with E-state index in [1.807, 2.05) is 6.07 Å². The predicted molar refractivity (Wildman–Crippen MR) is 85.3 cm³/mol. The standard InChI is InChI=1S/C17H25N3O/c1-14(19-10-5-2-6-11-19)17-18-15-8-3-4-9-16(15)20(17)12-7-13-21/h3-4,8-9,14,21H,2,5-7,10-13H2,1H3. The molecule has 3 rings (SSSR count). The van der Waals surface area contributed by atoms with E-state index in [1.54, 1.807) is 0 Å². The summed E-state index contributed by atoms with van der Waals surface area (Å²) in [5.41, 5.74) is 2.25. The largest absolute Gasteiger partial charge is 0.396 e. The predicted octanol–water partition coefficient (Wildman–Crippen LogP) is 2.97. The molecular weight excluding hydrogens is 262 g/mol. The van der Waals surface area contributed by atoms with Crippen LogP contribution in [0, 0.1) is 0 Å². The molecule has 1 aromatic heterocycles. The van der Waals surface area contributed by atoms with Gasteiger partial charge < -0.3 is 9.67 Å². The van der Waals surface area contributed by atoms with Crippen molar-refractivity contribution in [3.8, 4) is 0 Å². The van der Waals surface area contributed by atoms with Crippen LogP contribution in [0.2, 0.25) is 0 Å². The van der Waals surface area contributed by atoms with Crippen LogP contribution in [-0.4, -0.2) is 39.3 Å². The molecule has 1 fully saturated rings. The van der Waals surface area contributed by atoms with E-state index in [4.69, 9.17) is 4.98 Å². The number of likely N-dealkylation sites (tertiary alicyclic amines) is 1. The number of hydrogen-bond acceptors (Lipinski definition) is 3. The molecule has 2 aromatic rings. The SMILES string of the molecule is CC(c1nc2ccccc2n1CCCO)N1CCCCC1. The zero-order valence-electron chi connectivity index (χ0n) is 12.8. The minimum atomic E-state index is 0.226. The van der Waals surface area contributed by atoms with Crippen molar-refractivity contribution in [2.75, 3.05) is 19.7 Å². The van der Waals surface area contributed by atoms with Crippen molar-refractivity contribution >= 4 is 11.0 Å². The van der Waals surface area contributed by atoms with E-state index in [9.17, 15) is 5.11 Å². The normalized spacial score (nSPS) is 18.2. The Balaban J connectivity index is 1.95. The molecule has 1 N–H and O–H groups in total. The van der Waals surface area contributed by atoms with E-state index in [2.05, 4.69) is 34.6 Å². The Hall–Kier alpha value is -1.39. The van der Waals surface area contributed by atoms with E-state index in [0.29, 0.717) is 6.04 Å². The molecule has 0 radical (unpaired) electrons. The molecule has 1 saturated heterocycles. The zero-order valence-corrected chi connectivity index (χ0v) is 12.8. The molecule has 0 bridgehead atoms. The van der Waals surface area contributed by atoms with Crippen LogP contribution in [0.1, 0.15) is 44.5 Å². The zero-order chi connectivity index (χ0) is 14.7. The lowest BCUT2D eigenvalue weighted by Crippen LogP contribution is -2.33. The van der Waals surface area contributed by atoms with Gasteiger partial charge in [0.25, 0.3) is 0 Å². The van der Waals surface area contributed by atoms with Crippen molar-refractivity contribution in [1.29, 1.82) is 0 Å². The highest BCUT2D eigenvalue weighted by molar-refractivity contribution is 5.76. The second kappa shape index (κ2) is 6.58. The van der Waals surface area contributed by atoms with Gasteiger partial charge >= 0.3 is 0 Å². The van der Waals surface area contributed by atoms with E-state index in [-0.39, 0.29) is 6.61 Å². The number of aryl methyl sites for hydroxylation is 1. The third-order valence-electron chi connectivity index (χ3n) is 4.54. The fourth-order valence-corrected chi connectivity index (χ4v) is 3.35. The van der Waals surface area contributed by atoms with Gasteiger partial charge in [-0.3, -0.25) is 4.90 Å². The number of fused-ring (bicyclic) bond motifs is 1. The summed E-state index contributed by atoms with van der Waals surface area (Å²) in [6.07, 6.45) is 4.71. The first kappa shape index (κ1) is 14.5. The third-order valence-corrected chi connectivity index (χ3v) is 4.54. The monoisotopic (exact) mass is 287 g/mol. The van der Waals surface area contributed by atoms with Crippen molar-refractivity contribution < 1.29 is 5.11 Å². The Kier molecular flexibility index (Phi) is 4.56. The summed E-state index contributed by atoms with van der Waals surface area (Å²) in [7, 11) is 0. The third kappa shape index (κ3) is 2.97. The lowest BCUT2D eigenvalue weighted by atomic mass is 10.1. The van der Waals surface area contributed by atoms with Gasteiger partial charge in [-0.2, -0.15) is 0 Å². The molecule has 21 heavy (non-hydrogen) atoms. The van der Waals surface area contributed by atoms with Gasteiger partial charge in [-0.05, 0) is 51.4 Å². The second-order valence-electron chi connectivity index (χ2n) is 5.96. The molecule has 4 nitrogen and oxygen atoms in total. The van der Waals surface area contributed by atoms with Crippen LogP contribution < -0.4 is 0 Å². The molecule has 4 heteroatoms. The molecule has 1 unspecified atom stereocenters. The van der Waals surface area contributed by atoms with E-state index in [1.165, 1.54) is 37.9 Å². The Morgan fingerprint density at radius 1 is 1.19 bits per heavy atom. The summed E-state index contributed by atoms with van der Waals surface area (Å²) >= 11 is 0. The first-order chi connectivity index (χ1) is 10.3. The summed E-state index contributed by atoms with van der Waals surface area (Å²) in [5.74, 6) is 1.14. The Bertz CT molecular complexity index is 587. The van der Waals surface area contributed by atoms with Crippen LogP contribution >= 0.6 is 0 Å². The van der Waals surface area contributed by atoms with Gasteiger partial charge in [0, 0.05) is 13.2 Å². The van der Waals surface area contributed by atoms with Crippen LogP contribution in [0.5, 0.6) is 0 Å². The number of aliphatic hydroxyl groups excluding tert-OH is 1. The minimum Gasteiger partial charge on any atom is -0.396 e. The van der Waals surface area contributed by atoms with Crippen LogP contribution in [0.4, 0.5) is 0 Å². The molecule has 1 aliphatic heterocycles. The number of piperidine rings is 1. The summed E-state index contributed by atoms with van der Waals surface area (Å²) in [6.45, 7) is 5.67. The number of imidazole rings is 1. The minimum absolute atomic E-state index is 0.226. The molecule has 114 valence electrons. The molecule has 0 saturated carbocycles. The van der Waals surface area contributed by atoms with Gasteiger partial charge in [0.15, 0.2) is 0 Å². The highest BCUT2D eigenvalue weighted by Gasteiger charge is 2.23. The van der Waals surface area contributed by atoms with E-state index in [0.717, 1.165) is 24.3 Å². The summed E-state index contributed by atoms with van der Waals surface area (Å²) in [5, 5.41) is 9.17. The number of aromatic nitrogens is 2. The molecule has 1 aliphatic rings. The summed E-state index contributed by atoms with van der Waals surface area (Å²) in [4.78, 5) is 7.42. The Morgan fingerprint density at radius 3 is 2.71 bits per heavy atom. The van der Waals surface area contributed by atoms with Crippen LogP contribution in [0.25, 0.3) is 11.0 Å². The number of para-hydroxylation sites is 2. The lowest BCUT2D eigenvalue weighted by molar-refractivity contribution is 0.165. The lowest BCUT2D eigenvalue weighted by Gasteiger charge is -2.32. The van der Waals surface area contributed by atoms with Gasteiger partial charge in [-0.1, -0.05) is 18.6 Å². The summed E-state index contributed by atoms with van der Waals surface area (Å²) < 4.78 is 2.30. The maximum Gasteiger partial charge on any atom is 0.127 e. The molecule has 2 heterocycles. The van der Waals surface area contributed by atoms with Crippen LogP contribution in [0.15, 0.2) is 24.3 Å². The van der Waals surface area contributed by atoms with Crippen molar-refractivity contribution in [2.45, 2.75) is 45.2 Å². The number of benzene rings is 1. The molecule has 0 spiro atoms. The molecular formula is C17H25N3O. The first-order valence-corrected chi connectivity index (χ1v) is 8.11.